The fourth-order valence-electron chi connectivity index (χ4n) is 1.64. The van der Waals surface area contributed by atoms with Crippen molar-refractivity contribution in [3.63, 3.8) is 0 Å². The van der Waals surface area contributed by atoms with E-state index in [1.165, 1.54) is 6.21 Å². The van der Waals surface area contributed by atoms with Gasteiger partial charge < -0.3 is 4.74 Å². The number of nitrogens with one attached hydrogen (secondary N) is 1. The Bertz CT molecular complexity index is 716. The maximum absolute atomic E-state index is 11.6. The van der Waals surface area contributed by atoms with Crippen LogP contribution in [0.5, 0.6) is 5.75 Å². The number of rotatable bonds is 6. The summed E-state index contributed by atoms with van der Waals surface area (Å²) in [5.41, 5.74) is 3.46. The van der Waals surface area contributed by atoms with Crippen molar-refractivity contribution in [2.45, 2.75) is 0 Å². The van der Waals surface area contributed by atoms with E-state index in [1.807, 2.05) is 48.5 Å². The molecule has 0 atom stereocenters. The number of nitrogens with zero attached hydrogens (tertiary/aromatic N) is 1. The molecule has 1 N–H and O–H groups in total. The standard InChI is InChI=1S/C17H14Br2N2O2/c18-14-8-9-16(15(19)11-14)23-12-17(22)21-20-10-4-7-13-5-2-1-3-6-13/h1-11H,12H2,(H,21,22)/b7-4+,20-10+. The molecule has 0 aliphatic rings. The number of ether oxygens (including phenoxy) is 1. The van der Waals surface area contributed by atoms with Crippen LogP contribution in [0.25, 0.3) is 6.08 Å². The topological polar surface area (TPSA) is 50.7 Å². The largest absolute Gasteiger partial charge is 0.483 e. The quantitative estimate of drug-likeness (QED) is 0.537. The van der Waals surface area contributed by atoms with Gasteiger partial charge in [-0.25, -0.2) is 5.43 Å². The summed E-state index contributed by atoms with van der Waals surface area (Å²) in [6, 6.07) is 15.3. The molecule has 0 bridgehead atoms. The zero-order chi connectivity index (χ0) is 16.5. The molecule has 1 amide bonds. The molecule has 0 heterocycles. The number of hydrazone groups is 1. The van der Waals surface area contributed by atoms with Gasteiger partial charge in [0, 0.05) is 10.7 Å². The zero-order valence-electron chi connectivity index (χ0n) is 12.1. The molecule has 0 saturated carbocycles. The second kappa shape index (κ2) is 9.27. The van der Waals surface area contributed by atoms with E-state index in [2.05, 4.69) is 42.4 Å². The lowest BCUT2D eigenvalue weighted by Crippen LogP contribution is -2.24. The van der Waals surface area contributed by atoms with Gasteiger partial charge in [0.1, 0.15) is 5.75 Å². The van der Waals surface area contributed by atoms with Crippen LogP contribution in [0.15, 0.2) is 68.7 Å². The Balaban J connectivity index is 1.74. The van der Waals surface area contributed by atoms with Crippen LogP contribution >= 0.6 is 31.9 Å². The molecule has 0 aliphatic carbocycles. The Hall–Kier alpha value is -1.92. The highest BCUT2D eigenvalue weighted by atomic mass is 79.9. The third-order valence-corrected chi connectivity index (χ3v) is 3.80. The number of hydrogen-bond donors (Lipinski definition) is 1. The van der Waals surface area contributed by atoms with E-state index in [0.29, 0.717) is 5.75 Å². The van der Waals surface area contributed by atoms with Crippen molar-refractivity contribution in [2.75, 3.05) is 6.61 Å². The van der Waals surface area contributed by atoms with Crippen molar-refractivity contribution < 1.29 is 9.53 Å². The van der Waals surface area contributed by atoms with Crippen molar-refractivity contribution in [1.82, 2.24) is 5.43 Å². The second-order valence-electron chi connectivity index (χ2n) is 4.45. The smallest absolute Gasteiger partial charge is 0.277 e. The highest BCUT2D eigenvalue weighted by Crippen LogP contribution is 2.27. The summed E-state index contributed by atoms with van der Waals surface area (Å²) in [6.07, 6.45) is 5.16. The molecule has 118 valence electrons. The third kappa shape index (κ3) is 6.38. The first kappa shape index (κ1) is 17.4. The maximum Gasteiger partial charge on any atom is 0.277 e. The fourth-order valence-corrected chi connectivity index (χ4v) is 2.80. The van der Waals surface area contributed by atoms with Crippen molar-refractivity contribution in [2.24, 2.45) is 5.10 Å². The van der Waals surface area contributed by atoms with E-state index in [0.717, 1.165) is 14.5 Å². The number of amides is 1. The minimum atomic E-state index is -0.329. The Labute approximate surface area is 151 Å². The molecule has 6 heteroatoms. The third-order valence-electron chi connectivity index (χ3n) is 2.69. The molecule has 0 aliphatic heterocycles. The molecular formula is C17H14Br2N2O2. The van der Waals surface area contributed by atoms with Crippen molar-refractivity contribution in [3.8, 4) is 5.75 Å². The number of carbonyl (C=O) groups excluding carboxylic acids is 1. The first-order valence-corrected chi connectivity index (χ1v) is 8.35. The van der Waals surface area contributed by atoms with Gasteiger partial charge in [0.25, 0.3) is 5.91 Å². The predicted molar refractivity (Wildman–Crippen MR) is 99.4 cm³/mol. The number of allylic oxidation sites excluding steroid dienone is 1. The summed E-state index contributed by atoms with van der Waals surface area (Å²) in [5, 5.41) is 3.82. The van der Waals surface area contributed by atoms with Crippen LogP contribution in [0.2, 0.25) is 0 Å². The first-order chi connectivity index (χ1) is 11.1. The average Bonchev–Trinajstić information content (AvgIpc) is 2.54. The average molecular weight is 438 g/mol. The van der Waals surface area contributed by atoms with Gasteiger partial charge in [-0.05, 0) is 45.8 Å². The first-order valence-electron chi connectivity index (χ1n) is 6.76. The number of halogens is 2. The van der Waals surface area contributed by atoms with Crippen molar-refractivity contribution in [1.29, 1.82) is 0 Å². The summed E-state index contributed by atoms with van der Waals surface area (Å²) in [7, 11) is 0. The van der Waals surface area contributed by atoms with Crippen LogP contribution in [0.4, 0.5) is 0 Å². The van der Waals surface area contributed by atoms with Gasteiger partial charge in [0.05, 0.1) is 4.47 Å². The Kier molecular flexibility index (Phi) is 7.03. The molecule has 2 aromatic rings. The Morgan fingerprint density at radius 3 is 2.70 bits per heavy atom. The molecule has 0 unspecified atom stereocenters. The maximum atomic E-state index is 11.6. The zero-order valence-corrected chi connectivity index (χ0v) is 15.2. The lowest BCUT2D eigenvalue weighted by Gasteiger charge is -2.07. The molecule has 2 rings (SSSR count). The molecule has 23 heavy (non-hydrogen) atoms. The van der Waals surface area contributed by atoms with E-state index in [4.69, 9.17) is 4.74 Å². The van der Waals surface area contributed by atoms with Crippen LogP contribution in [0.3, 0.4) is 0 Å². The van der Waals surface area contributed by atoms with Gasteiger partial charge in [-0.1, -0.05) is 52.3 Å². The summed E-state index contributed by atoms with van der Waals surface area (Å²) in [4.78, 5) is 11.6. The van der Waals surface area contributed by atoms with E-state index in [9.17, 15) is 4.79 Å². The molecule has 0 aromatic heterocycles. The normalized spacial score (nSPS) is 11.0. The van der Waals surface area contributed by atoms with Gasteiger partial charge in [-0.2, -0.15) is 5.10 Å². The van der Waals surface area contributed by atoms with Crippen molar-refractivity contribution in [3.05, 3.63) is 69.1 Å². The minimum absolute atomic E-state index is 0.111. The molecule has 4 nitrogen and oxygen atoms in total. The van der Waals surface area contributed by atoms with E-state index in [1.54, 1.807) is 12.1 Å². The molecule has 2 aromatic carbocycles. The lowest BCUT2D eigenvalue weighted by atomic mass is 10.2. The molecule has 0 radical (unpaired) electrons. The van der Waals surface area contributed by atoms with Crippen LogP contribution < -0.4 is 10.2 Å². The highest BCUT2D eigenvalue weighted by molar-refractivity contribution is 9.11. The number of hydrogen-bond acceptors (Lipinski definition) is 3. The van der Waals surface area contributed by atoms with Crippen LogP contribution in [-0.4, -0.2) is 18.7 Å². The van der Waals surface area contributed by atoms with Gasteiger partial charge in [0.2, 0.25) is 0 Å². The van der Waals surface area contributed by atoms with E-state index >= 15 is 0 Å². The van der Waals surface area contributed by atoms with Crippen LogP contribution in [-0.2, 0) is 4.79 Å². The van der Waals surface area contributed by atoms with Gasteiger partial charge in [-0.3, -0.25) is 4.79 Å². The van der Waals surface area contributed by atoms with Crippen molar-refractivity contribution >= 4 is 50.1 Å². The fraction of sp³-hybridized carbons (Fsp3) is 0.0588. The van der Waals surface area contributed by atoms with E-state index in [-0.39, 0.29) is 12.5 Å². The summed E-state index contributed by atoms with van der Waals surface area (Å²) >= 11 is 6.72. The molecule has 0 saturated heterocycles. The molecule has 0 fully saturated rings. The second-order valence-corrected chi connectivity index (χ2v) is 6.22. The monoisotopic (exact) mass is 436 g/mol. The molecule has 0 spiro atoms. The predicted octanol–water partition coefficient (Wildman–Crippen LogP) is 4.41. The summed E-state index contributed by atoms with van der Waals surface area (Å²) in [5.74, 6) is 0.264. The van der Waals surface area contributed by atoms with Gasteiger partial charge in [-0.15, -0.1) is 0 Å². The minimum Gasteiger partial charge on any atom is -0.483 e. The van der Waals surface area contributed by atoms with Gasteiger partial charge in [0.15, 0.2) is 6.61 Å². The number of benzene rings is 2. The highest BCUT2D eigenvalue weighted by Gasteiger charge is 2.05. The van der Waals surface area contributed by atoms with Gasteiger partial charge >= 0.3 is 0 Å². The lowest BCUT2D eigenvalue weighted by molar-refractivity contribution is -0.123. The summed E-state index contributed by atoms with van der Waals surface area (Å²) < 4.78 is 7.11. The summed E-state index contributed by atoms with van der Waals surface area (Å²) in [6.45, 7) is -0.111. The van der Waals surface area contributed by atoms with Crippen LogP contribution in [0.1, 0.15) is 5.56 Å². The van der Waals surface area contributed by atoms with Crippen LogP contribution in [0, 0.1) is 0 Å². The Morgan fingerprint density at radius 1 is 1.17 bits per heavy atom. The van der Waals surface area contributed by atoms with E-state index < -0.39 is 0 Å². The SMILES string of the molecule is O=C(COc1ccc(Br)cc1Br)N/N=C/C=C/c1ccccc1. The molecular weight excluding hydrogens is 424 g/mol. The number of carbonyl (C=O) groups is 1. The Morgan fingerprint density at radius 2 is 1.96 bits per heavy atom.